The number of carbonyl (C=O) groups is 6. The third-order valence-electron chi connectivity index (χ3n) is 6.14. The van der Waals surface area contributed by atoms with Gasteiger partial charge in [-0.2, -0.15) is 0 Å². The van der Waals surface area contributed by atoms with E-state index in [2.05, 4.69) is 41.1 Å². The van der Waals surface area contributed by atoms with Crippen LogP contribution in [-0.2, 0) is 28.7 Å². The summed E-state index contributed by atoms with van der Waals surface area (Å²) in [6.45, 7) is 6.69. The standard InChI is InChI=1S/C35H32INO12/c1-3-30(38)44-19-5-7-32(40)46-25-13-9-23(10-14-25)34(42)48-27-17-18-29(28(21-27)37-22-36)49-35(43)24-11-15-26(16-12-24)47-33(41)8-6-20-45-31(39)4-2/h3-4,9-18,21,37H,1-2,5-8,19-20,22H2. The molecule has 256 valence electrons. The van der Waals surface area contributed by atoms with Crippen molar-refractivity contribution in [3.63, 3.8) is 0 Å². The van der Waals surface area contributed by atoms with E-state index in [4.69, 9.17) is 28.4 Å². The maximum Gasteiger partial charge on any atom is 0.343 e. The van der Waals surface area contributed by atoms with Crippen LogP contribution in [0.3, 0.4) is 0 Å². The Hall–Kier alpha value is -5.51. The molecule has 0 bridgehead atoms. The van der Waals surface area contributed by atoms with Crippen molar-refractivity contribution in [2.24, 2.45) is 0 Å². The van der Waals surface area contributed by atoms with Gasteiger partial charge in [-0.1, -0.05) is 35.7 Å². The minimum atomic E-state index is -0.680. The highest BCUT2D eigenvalue weighted by molar-refractivity contribution is 14.1. The molecule has 0 aromatic heterocycles. The Balaban J connectivity index is 1.53. The lowest BCUT2D eigenvalue weighted by Crippen LogP contribution is -2.12. The molecule has 0 fully saturated rings. The summed E-state index contributed by atoms with van der Waals surface area (Å²) in [7, 11) is 0. The van der Waals surface area contributed by atoms with Crippen LogP contribution < -0.4 is 24.3 Å². The van der Waals surface area contributed by atoms with E-state index in [1.54, 1.807) is 0 Å². The fraction of sp³-hybridized carbons (Fsp3) is 0.200. The molecule has 1 N–H and O–H groups in total. The molecule has 3 aromatic rings. The van der Waals surface area contributed by atoms with Crippen LogP contribution in [0.1, 0.15) is 46.4 Å². The topological polar surface area (TPSA) is 170 Å². The molecule has 0 atom stereocenters. The van der Waals surface area contributed by atoms with Crippen LogP contribution in [0.5, 0.6) is 23.0 Å². The van der Waals surface area contributed by atoms with Gasteiger partial charge in [0.1, 0.15) is 17.2 Å². The summed E-state index contributed by atoms with van der Waals surface area (Å²) >= 11 is 2.07. The highest BCUT2D eigenvalue weighted by Gasteiger charge is 2.16. The van der Waals surface area contributed by atoms with Gasteiger partial charge in [0.05, 0.1) is 34.6 Å². The first-order valence-corrected chi connectivity index (χ1v) is 16.2. The second kappa shape index (κ2) is 20.0. The molecule has 13 nitrogen and oxygen atoms in total. The van der Waals surface area contributed by atoms with Crippen LogP contribution in [0.25, 0.3) is 0 Å². The zero-order valence-corrected chi connectivity index (χ0v) is 28.3. The minimum Gasteiger partial charge on any atom is -0.463 e. The summed E-state index contributed by atoms with van der Waals surface area (Å²) in [6.07, 6.45) is 2.67. The van der Waals surface area contributed by atoms with E-state index < -0.39 is 35.8 Å². The number of alkyl halides is 1. The maximum absolute atomic E-state index is 12.9. The number of benzene rings is 3. The van der Waals surface area contributed by atoms with Crippen molar-refractivity contribution in [2.75, 3.05) is 23.1 Å². The summed E-state index contributed by atoms with van der Waals surface area (Å²) in [5, 5.41) is 3.05. The number of rotatable bonds is 18. The normalized spacial score (nSPS) is 10.1. The molecule has 0 aliphatic carbocycles. The van der Waals surface area contributed by atoms with Crippen LogP contribution >= 0.6 is 22.6 Å². The van der Waals surface area contributed by atoms with Gasteiger partial charge in [0, 0.05) is 31.1 Å². The molecule has 0 amide bonds. The van der Waals surface area contributed by atoms with Crippen molar-refractivity contribution in [1.82, 2.24) is 0 Å². The lowest BCUT2D eigenvalue weighted by Gasteiger charge is -2.13. The molecular formula is C35H32INO12. The monoisotopic (exact) mass is 785 g/mol. The predicted molar refractivity (Wildman–Crippen MR) is 184 cm³/mol. The second-order valence-corrected chi connectivity index (χ2v) is 10.5. The highest BCUT2D eigenvalue weighted by atomic mass is 127. The van der Waals surface area contributed by atoms with Crippen molar-refractivity contribution in [3.8, 4) is 23.0 Å². The van der Waals surface area contributed by atoms with Crippen molar-refractivity contribution >= 4 is 64.1 Å². The fourth-order valence-electron chi connectivity index (χ4n) is 3.78. The third kappa shape index (κ3) is 13.3. The lowest BCUT2D eigenvalue weighted by atomic mass is 10.2. The number of carbonyl (C=O) groups excluding carboxylic acids is 6. The number of nitrogens with one attached hydrogen (secondary N) is 1. The predicted octanol–water partition coefficient (Wildman–Crippen LogP) is 5.76. The first kappa shape index (κ1) is 37.9. The number of hydrogen-bond donors (Lipinski definition) is 1. The average molecular weight is 786 g/mol. The Morgan fingerprint density at radius 2 is 1.06 bits per heavy atom. The molecule has 0 saturated carbocycles. The van der Waals surface area contributed by atoms with Gasteiger partial charge in [-0.3, -0.25) is 9.59 Å². The number of ether oxygens (including phenoxy) is 6. The summed E-state index contributed by atoms with van der Waals surface area (Å²) in [5.41, 5.74) is 0.771. The van der Waals surface area contributed by atoms with Crippen molar-refractivity contribution in [1.29, 1.82) is 0 Å². The number of hydrogen-bond acceptors (Lipinski definition) is 13. The van der Waals surface area contributed by atoms with Crippen LogP contribution in [0, 0.1) is 0 Å². The van der Waals surface area contributed by atoms with E-state index in [-0.39, 0.29) is 73.0 Å². The maximum atomic E-state index is 12.9. The molecule has 0 saturated heterocycles. The molecule has 0 aliphatic rings. The van der Waals surface area contributed by atoms with Crippen molar-refractivity contribution < 1.29 is 57.2 Å². The van der Waals surface area contributed by atoms with Crippen LogP contribution in [0.15, 0.2) is 92.0 Å². The number of halogens is 1. The zero-order valence-electron chi connectivity index (χ0n) is 26.1. The van der Waals surface area contributed by atoms with E-state index in [1.165, 1.54) is 66.7 Å². The fourth-order valence-corrected chi connectivity index (χ4v) is 4.19. The summed E-state index contributed by atoms with van der Waals surface area (Å²) in [6, 6.07) is 16.0. The Kier molecular flexibility index (Phi) is 15.5. The molecule has 3 rings (SSSR count). The largest absolute Gasteiger partial charge is 0.463 e. The Labute approximate surface area is 295 Å². The van der Waals surface area contributed by atoms with Crippen LogP contribution in [0.4, 0.5) is 5.69 Å². The quantitative estimate of drug-likeness (QED) is 0.0315. The van der Waals surface area contributed by atoms with Gasteiger partial charge >= 0.3 is 35.8 Å². The molecule has 0 radical (unpaired) electrons. The second-order valence-electron chi connectivity index (χ2n) is 9.69. The molecule has 3 aromatic carbocycles. The zero-order chi connectivity index (χ0) is 35.6. The van der Waals surface area contributed by atoms with E-state index >= 15 is 0 Å². The van der Waals surface area contributed by atoms with Gasteiger partial charge in [-0.25, -0.2) is 19.2 Å². The molecule has 49 heavy (non-hydrogen) atoms. The van der Waals surface area contributed by atoms with Gasteiger partial charge in [0.15, 0.2) is 5.75 Å². The van der Waals surface area contributed by atoms with Crippen molar-refractivity contribution in [2.45, 2.75) is 25.7 Å². The molecule has 14 heteroatoms. The van der Waals surface area contributed by atoms with E-state index in [9.17, 15) is 28.8 Å². The number of anilines is 1. The van der Waals surface area contributed by atoms with Gasteiger partial charge in [-0.05, 0) is 73.5 Å². The number of esters is 6. The SMILES string of the molecule is C=CC(=O)OCCCC(=O)Oc1ccc(C(=O)Oc2ccc(OC(=O)c3ccc(OC(=O)CCCOC(=O)C=C)cc3)c(NCI)c2)cc1. The minimum absolute atomic E-state index is 0.0236. The highest BCUT2D eigenvalue weighted by Crippen LogP contribution is 2.31. The van der Waals surface area contributed by atoms with E-state index in [0.29, 0.717) is 10.2 Å². The average Bonchev–Trinajstić information content (AvgIpc) is 3.10. The molecule has 0 unspecified atom stereocenters. The van der Waals surface area contributed by atoms with Crippen LogP contribution in [0.2, 0.25) is 0 Å². The summed E-state index contributed by atoms with van der Waals surface area (Å²) in [5.74, 6) is -2.77. The van der Waals surface area contributed by atoms with E-state index in [0.717, 1.165) is 12.2 Å². The van der Waals surface area contributed by atoms with Gasteiger partial charge in [0.2, 0.25) is 0 Å². The van der Waals surface area contributed by atoms with Gasteiger partial charge in [-0.15, -0.1) is 0 Å². The summed E-state index contributed by atoms with van der Waals surface area (Å²) in [4.78, 5) is 71.7. The Morgan fingerprint density at radius 3 is 1.51 bits per heavy atom. The summed E-state index contributed by atoms with van der Waals surface area (Å²) < 4.78 is 31.6. The smallest absolute Gasteiger partial charge is 0.343 e. The van der Waals surface area contributed by atoms with Gasteiger partial charge in [0.25, 0.3) is 0 Å². The Bertz CT molecular complexity index is 1670. The van der Waals surface area contributed by atoms with Gasteiger partial charge < -0.3 is 33.7 Å². The molecule has 0 spiro atoms. The van der Waals surface area contributed by atoms with Crippen molar-refractivity contribution in [3.05, 3.63) is 103 Å². The third-order valence-corrected chi connectivity index (χ3v) is 6.52. The Morgan fingerprint density at radius 1 is 0.612 bits per heavy atom. The first-order chi connectivity index (χ1) is 23.6. The molecule has 0 aliphatic heterocycles. The molecular weight excluding hydrogens is 753 g/mol. The lowest BCUT2D eigenvalue weighted by molar-refractivity contribution is -0.140. The van der Waals surface area contributed by atoms with E-state index in [1.807, 2.05) is 0 Å². The molecule has 0 heterocycles. The van der Waals surface area contributed by atoms with Crippen LogP contribution in [-0.4, -0.2) is 53.6 Å². The first-order valence-electron chi connectivity index (χ1n) is 14.7.